The third-order valence-electron chi connectivity index (χ3n) is 7.49. The van der Waals surface area contributed by atoms with E-state index in [4.69, 9.17) is 29.0 Å². The maximum atomic E-state index is 14.5. The maximum Gasteiger partial charge on any atom is 0.488 e. The van der Waals surface area contributed by atoms with E-state index in [2.05, 4.69) is 15.9 Å². The molecule has 6 aromatic carbocycles. The van der Waals surface area contributed by atoms with Gasteiger partial charge in [-0.2, -0.15) is 0 Å². The van der Waals surface area contributed by atoms with Crippen molar-refractivity contribution < 1.29 is 37.8 Å². The molecule has 0 atom stereocenters. The van der Waals surface area contributed by atoms with Crippen LogP contribution in [0.2, 0.25) is 0 Å². The zero-order chi connectivity index (χ0) is 36.0. The molecule has 2 N–H and O–H groups in total. The number of halogens is 3. The Labute approximate surface area is 299 Å². The molecule has 0 aliphatic carbocycles. The summed E-state index contributed by atoms with van der Waals surface area (Å²) in [6.07, 6.45) is 0. The molecule has 0 saturated carbocycles. The second-order valence-corrected chi connectivity index (χ2v) is 11.5. The van der Waals surface area contributed by atoms with Crippen molar-refractivity contribution in [3.63, 3.8) is 0 Å². The molecule has 0 spiro atoms. The topological polar surface area (TPSA) is 77.4 Å². The number of hydrogen-bond donors (Lipinski definition) is 2. The van der Waals surface area contributed by atoms with Gasteiger partial charge in [0, 0.05) is 15.6 Å². The second kappa shape index (κ2) is 18.6. The van der Waals surface area contributed by atoms with Gasteiger partial charge in [-0.25, -0.2) is 8.78 Å². The van der Waals surface area contributed by atoms with E-state index in [1.807, 2.05) is 48.5 Å². The minimum absolute atomic E-state index is 0.313. The minimum Gasteiger partial charge on any atom is -0.496 e. The van der Waals surface area contributed by atoms with E-state index in [0.717, 1.165) is 15.6 Å². The van der Waals surface area contributed by atoms with E-state index < -0.39 is 7.12 Å². The number of benzene rings is 6. The molecule has 10 heteroatoms. The summed E-state index contributed by atoms with van der Waals surface area (Å²) in [5.41, 5.74) is 4.63. The summed E-state index contributed by atoms with van der Waals surface area (Å²) in [4.78, 5) is 0. The number of rotatable bonds is 8. The van der Waals surface area contributed by atoms with Crippen LogP contribution >= 0.6 is 15.9 Å². The molecular weight excluding hydrogens is 705 g/mol. The summed E-state index contributed by atoms with van der Waals surface area (Å²) in [5, 5.41) is 17.2. The Morgan fingerprint density at radius 3 is 1.32 bits per heavy atom. The van der Waals surface area contributed by atoms with E-state index in [1.165, 1.54) is 12.1 Å². The van der Waals surface area contributed by atoms with E-state index >= 15 is 0 Å². The molecule has 6 nitrogen and oxygen atoms in total. The Balaban J connectivity index is 0.000000184. The van der Waals surface area contributed by atoms with Gasteiger partial charge in [-0.15, -0.1) is 0 Å². The summed E-state index contributed by atoms with van der Waals surface area (Å²) >= 11 is 3.34. The molecule has 0 amide bonds. The highest BCUT2D eigenvalue weighted by Gasteiger charge is 2.18. The molecule has 0 saturated heterocycles. The molecule has 0 fully saturated rings. The molecular formula is C40H36BBrF2O6. The van der Waals surface area contributed by atoms with Gasteiger partial charge in [-0.3, -0.25) is 0 Å². The van der Waals surface area contributed by atoms with E-state index in [9.17, 15) is 8.78 Å². The lowest BCUT2D eigenvalue weighted by molar-refractivity contribution is 0.396. The summed E-state index contributed by atoms with van der Waals surface area (Å²) in [5.74, 6) is 1.67. The molecule has 6 aromatic rings. The van der Waals surface area contributed by atoms with Crippen molar-refractivity contribution >= 4 is 28.5 Å². The lowest BCUT2D eigenvalue weighted by Gasteiger charge is -2.15. The van der Waals surface area contributed by atoms with Gasteiger partial charge in [0.25, 0.3) is 0 Å². The van der Waals surface area contributed by atoms with Crippen LogP contribution in [0.15, 0.2) is 138 Å². The van der Waals surface area contributed by atoms with Gasteiger partial charge >= 0.3 is 7.12 Å². The first-order valence-electron chi connectivity index (χ1n) is 15.4. The Morgan fingerprint density at radius 2 is 0.900 bits per heavy atom. The monoisotopic (exact) mass is 740 g/mol. The number of methoxy groups -OCH3 is 4. The minimum atomic E-state index is -1.34. The van der Waals surface area contributed by atoms with Crippen LogP contribution in [0.25, 0.3) is 33.4 Å². The van der Waals surface area contributed by atoms with Crippen LogP contribution in [-0.2, 0) is 0 Å². The molecule has 0 heterocycles. The zero-order valence-electron chi connectivity index (χ0n) is 27.9. The van der Waals surface area contributed by atoms with Crippen LogP contribution in [0, 0.1) is 11.6 Å². The predicted octanol–water partition coefficient (Wildman–Crippen LogP) is 8.82. The molecule has 256 valence electrons. The van der Waals surface area contributed by atoms with Crippen LogP contribution in [0.3, 0.4) is 0 Å². The molecule has 0 unspecified atom stereocenters. The van der Waals surface area contributed by atoms with Crippen molar-refractivity contribution in [3.8, 4) is 56.4 Å². The average molecular weight is 741 g/mol. The van der Waals surface area contributed by atoms with Crippen LogP contribution in [0.1, 0.15) is 0 Å². The van der Waals surface area contributed by atoms with Gasteiger partial charge in [0.1, 0.15) is 34.6 Å². The van der Waals surface area contributed by atoms with Gasteiger partial charge in [0.15, 0.2) is 0 Å². The smallest absolute Gasteiger partial charge is 0.488 e. The molecule has 0 aliphatic heterocycles. The normalized spacial score (nSPS) is 10.1. The van der Waals surface area contributed by atoms with Gasteiger partial charge in [0.2, 0.25) is 0 Å². The van der Waals surface area contributed by atoms with E-state index in [-0.39, 0.29) is 11.6 Å². The van der Waals surface area contributed by atoms with Gasteiger partial charge in [-0.1, -0.05) is 94.8 Å². The van der Waals surface area contributed by atoms with Crippen LogP contribution in [0.5, 0.6) is 23.0 Å². The summed E-state index contributed by atoms with van der Waals surface area (Å²) in [7, 11) is 4.89. The van der Waals surface area contributed by atoms with Crippen molar-refractivity contribution in [2.75, 3.05) is 28.4 Å². The zero-order valence-corrected chi connectivity index (χ0v) is 29.5. The lowest BCUT2D eigenvalue weighted by Crippen LogP contribution is -2.29. The highest BCUT2D eigenvalue weighted by atomic mass is 79.9. The van der Waals surface area contributed by atoms with Gasteiger partial charge in [-0.05, 0) is 71.2 Å². The first kappa shape index (κ1) is 37.7. The Hall–Kier alpha value is -5.16. The molecule has 6 rings (SSSR count). The van der Waals surface area contributed by atoms with Crippen LogP contribution < -0.4 is 24.4 Å². The molecule has 0 aromatic heterocycles. The highest BCUT2D eigenvalue weighted by molar-refractivity contribution is 9.10. The Bertz CT molecular complexity index is 1930. The highest BCUT2D eigenvalue weighted by Crippen LogP contribution is 2.42. The first-order chi connectivity index (χ1) is 24.2. The van der Waals surface area contributed by atoms with Crippen molar-refractivity contribution in [1.29, 1.82) is 0 Å². The Morgan fingerprint density at radius 1 is 0.480 bits per heavy atom. The predicted molar refractivity (Wildman–Crippen MR) is 199 cm³/mol. The lowest BCUT2D eigenvalue weighted by atomic mass is 9.81. The summed E-state index contributed by atoms with van der Waals surface area (Å²) in [6, 6.07) is 39.1. The third kappa shape index (κ3) is 9.50. The number of ether oxygens (including phenoxy) is 4. The molecule has 0 bridgehead atoms. The van der Waals surface area contributed by atoms with Gasteiger partial charge in [0.05, 0.1) is 39.6 Å². The van der Waals surface area contributed by atoms with Crippen LogP contribution in [-0.4, -0.2) is 45.6 Å². The second-order valence-electron chi connectivity index (χ2n) is 10.5. The first-order valence-corrected chi connectivity index (χ1v) is 16.1. The van der Waals surface area contributed by atoms with Crippen molar-refractivity contribution in [2.45, 2.75) is 0 Å². The molecule has 0 radical (unpaired) electrons. The van der Waals surface area contributed by atoms with Crippen LogP contribution in [0.4, 0.5) is 8.78 Å². The summed E-state index contributed by atoms with van der Waals surface area (Å²) < 4.78 is 50.6. The average Bonchev–Trinajstić information content (AvgIpc) is 3.16. The quantitative estimate of drug-likeness (QED) is 0.152. The van der Waals surface area contributed by atoms with Crippen molar-refractivity contribution in [3.05, 3.63) is 150 Å². The van der Waals surface area contributed by atoms with Crippen molar-refractivity contribution in [2.24, 2.45) is 0 Å². The standard InChI is InChI=1S/C20H17FO2.C14H12BrFO2.C6H7BO2/c1-22-18-9-6-10-19(23-2)20(18)16-13-15(11-12-17(16)21)14-7-4-3-5-8-14;1-17-12-4-3-5-13(18-2)14(12)10-8-9(15)6-7-11(10)16;8-7(9)6-4-2-1-3-5-6/h3-13H,1-2H3;3-8H,1-2H3;1-5,8-9H. The van der Waals surface area contributed by atoms with E-state index in [1.54, 1.807) is 101 Å². The SMILES string of the molecule is COc1cccc(OC)c1-c1cc(-c2ccccc2)ccc1F.COc1cccc(OC)c1-c1cc(Br)ccc1F.OB(O)c1ccccc1. The fourth-order valence-electron chi connectivity index (χ4n) is 5.07. The Kier molecular flexibility index (Phi) is 14.0. The fourth-order valence-corrected chi connectivity index (χ4v) is 5.44. The summed E-state index contributed by atoms with van der Waals surface area (Å²) in [6.45, 7) is 0. The van der Waals surface area contributed by atoms with Gasteiger partial charge < -0.3 is 29.0 Å². The third-order valence-corrected chi connectivity index (χ3v) is 7.99. The largest absolute Gasteiger partial charge is 0.496 e. The number of hydrogen-bond acceptors (Lipinski definition) is 6. The molecule has 50 heavy (non-hydrogen) atoms. The molecule has 0 aliphatic rings. The maximum absolute atomic E-state index is 14.5. The fraction of sp³-hybridized carbons (Fsp3) is 0.100. The van der Waals surface area contributed by atoms with E-state index in [0.29, 0.717) is 50.7 Å². The van der Waals surface area contributed by atoms with Crippen molar-refractivity contribution in [1.82, 2.24) is 0 Å².